The Morgan fingerprint density at radius 2 is 1.84 bits per heavy atom. The minimum absolute atomic E-state index is 0.0489. The molecule has 2 amide bonds. The van der Waals surface area contributed by atoms with Gasteiger partial charge in [-0.05, 0) is 30.5 Å². The number of ether oxygens (including phenoxy) is 2. The molecule has 37 heavy (non-hydrogen) atoms. The Labute approximate surface area is 212 Å². The summed E-state index contributed by atoms with van der Waals surface area (Å²) in [7, 11) is 1.16. The van der Waals surface area contributed by atoms with Crippen molar-refractivity contribution in [2.24, 2.45) is 0 Å². The molecule has 9 nitrogen and oxygen atoms in total. The van der Waals surface area contributed by atoms with Gasteiger partial charge in [0.25, 0.3) is 0 Å². The maximum absolute atomic E-state index is 13.5. The number of halogens is 3. The number of piperazine rings is 1. The average molecular weight is 520 g/mol. The number of nitrogens with zero attached hydrogens (tertiary/aromatic N) is 4. The average Bonchev–Trinajstić information content (AvgIpc) is 3.66. The summed E-state index contributed by atoms with van der Waals surface area (Å²) in [5, 5.41) is 2.47. The van der Waals surface area contributed by atoms with E-state index in [4.69, 9.17) is 4.74 Å². The van der Waals surface area contributed by atoms with Gasteiger partial charge in [-0.2, -0.15) is 13.2 Å². The molecule has 2 aromatic rings. The number of amides is 2. The molecule has 198 valence electrons. The smallest absolute Gasteiger partial charge is 0.416 e. The van der Waals surface area contributed by atoms with Crippen LogP contribution in [0.1, 0.15) is 48.0 Å². The molecule has 3 fully saturated rings. The minimum atomic E-state index is -4.50. The van der Waals surface area contributed by atoms with Crippen molar-refractivity contribution < 1.29 is 32.2 Å². The first-order valence-corrected chi connectivity index (χ1v) is 12.2. The Morgan fingerprint density at radius 1 is 1.08 bits per heavy atom. The molecule has 0 spiro atoms. The predicted molar refractivity (Wildman–Crippen MR) is 125 cm³/mol. The van der Waals surface area contributed by atoms with E-state index in [2.05, 4.69) is 24.9 Å². The summed E-state index contributed by atoms with van der Waals surface area (Å²) in [6.45, 7) is 2.13. The van der Waals surface area contributed by atoms with Crippen molar-refractivity contribution in [2.75, 3.05) is 33.3 Å². The normalized spacial score (nSPS) is 22.8. The van der Waals surface area contributed by atoms with E-state index >= 15 is 0 Å². The molecule has 1 aliphatic carbocycles. The maximum Gasteiger partial charge on any atom is 0.416 e. The van der Waals surface area contributed by atoms with Gasteiger partial charge in [0.2, 0.25) is 11.8 Å². The molecule has 2 saturated heterocycles. The molecule has 1 aromatic heterocycles. The third-order valence-electron chi connectivity index (χ3n) is 7.09. The number of alkyl halides is 3. The van der Waals surface area contributed by atoms with Crippen LogP contribution in [-0.2, 0) is 15.7 Å². The van der Waals surface area contributed by atoms with Crippen LogP contribution in [0.5, 0.6) is 5.88 Å². The van der Waals surface area contributed by atoms with Crippen molar-refractivity contribution in [1.29, 1.82) is 0 Å². The highest BCUT2D eigenvalue weighted by molar-refractivity contribution is 5.87. The van der Waals surface area contributed by atoms with Gasteiger partial charge in [0.05, 0.1) is 30.8 Å². The number of aromatic nitrogens is 2. The van der Waals surface area contributed by atoms with E-state index < -0.39 is 29.8 Å². The first kappa shape index (κ1) is 25.2. The molecule has 1 saturated carbocycles. The molecule has 3 aliphatic rings. The Hall–Kier alpha value is -3.41. The lowest BCUT2D eigenvalue weighted by Gasteiger charge is -2.38. The lowest BCUT2D eigenvalue weighted by molar-refractivity contribution is -0.137. The maximum atomic E-state index is 13.5. The van der Waals surface area contributed by atoms with Crippen LogP contribution in [-0.4, -0.2) is 77.2 Å². The number of hydrogen-bond donors (Lipinski definition) is 1. The van der Waals surface area contributed by atoms with Crippen LogP contribution in [0.2, 0.25) is 0 Å². The fourth-order valence-electron chi connectivity index (χ4n) is 4.94. The third kappa shape index (κ3) is 5.79. The highest BCUT2D eigenvalue weighted by Gasteiger charge is 2.40. The van der Waals surface area contributed by atoms with Crippen molar-refractivity contribution in [3.05, 3.63) is 53.5 Å². The van der Waals surface area contributed by atoms with Crippen LogP contribution in [0.25, 0.3) is 0 Å². The molecular weight excluding hydrogens is 491 g/mol. The van der Waals surface area contributed by atoms with Crippen molar-refractivity contribution in [2.45, 2.75) is 49.5 Å². The van der Waals surface area contributed by atoms with E-state index in [1.54, 1.807) is 17.3 Å². The van der Waals surface area contributed by atoms with Gasteiger partial charge in [0.15, 0.2) is 0 Å². The van der Waals surface area contributed by atoms with Crippen LogP contribution in [0.4, 0.5) is 18.0 Å². The summed E-state index contributed by atoms with van der Waals surface area (Å²) < 4.78 is 49.7. The van der Waals surface area contributed by atoms with Crippen molar-refractivity contribution >= 4 is 12.0 Å². The molecule has 1 N–H and O–H groups in total. The number of alkyl carbamates (subject to hydrolysis) is 1. The van der Waals surface area contributed by atoms with Crippen LogP contribution in [0.3, 0.4) is 0 Å². The molecule has 0 radical (unpaired) electrons. The largest absolute Gasteiger partial charge is 0.472 e. The second-order valence-electron chi connectivity index (χ2n) is 9.65. The minimum Gasteiger partial charge on any atom is -0.472 e. The Bertz CT molecular complexity index is 1120. The molecule has 5 rings (SSSR count). The number of hydrogen-bond acceptors (Lipinski definition) is 7. The lowest BCUT2D eigenvalue weighted by Crippen LogP contribution is -2.54. The summed E-state index contributed by atoms with van der Waals surface area (Å²) in [5.74, 6) is 0.591. The third-order valence-corrected chi connectivity index (χ3v) is 7.09. The fourth-order valence-corrected chi connectivity index (χ4v) is 4.94. The molecule has 0 bridgehead atoms. The predicted octanol–water partition coefficient (Wildman–Crippen LogP) is 3.13. The van der Waals surface area contributed by atoms with E-state index in [-0.39, 0.29) is 17.7 Å². The number of rotatable bonds is 6. The topological polar surface area (TPSA) is 96.9 Å². The highest BCUT2D eigenvalue weighted by Crippen LogP contribution is 2.38. The zero-order valence-electron chi connectivity index (χ0n) is 20.3. The molecule has 3 heterocycles. The quantitative estimate of drug-likeness (QED) is 0.627. The van der Waals surface area contributed by atoms with E-state index in [9.17, 15) is 22.8 Å². The Kier molecular flexibility index (Phi) is 6.93. The fraction of sp³-hybridized carbons (Fsp3) is 0.520. The van der Waals surface area contributed by atoms with Crippen LogP contribution in [0.15, 0.2) is 36.7 Å². The van der Waals surface area contributed by atoms with Gasteiger partial charge < -0.3 is 19.7 Å². The first-order valence-electron chi connectivity index (χ1n) is 12.2. The van der Waals surface area contributed by atoms with Gasteiger partial charge in [0.1, 0.15) is 12.1 Å². The molecule has 3 atom stereocenters. The van der Waals surface area contributed by atoms with Crippen molar-refractivity contribution in [1.82, 2.24) is 25.1 Å². The van der Waals surface area contributed by atoms with Gasteiger partial charge in [-0.15, -0.1) is 0 Å². The van der Waals surface area contributed by atoms with Gasteiger partial charge in [-0.25, -0.2) is 9.78 Å². The van der Waals surface area contributed by atoms with Crippen LogP contribution in [0, 0.1) is 0 Å². The summed E-state index contributed by atoms with van der Waals surface area (Å²) in [6, 6.07) is 3.07. The molecule has 0 unspecified atom stereocenters. The number of methoxy groups -OCH3 is 1. The van der Waals surface area contributed by atoms with Gasteiger partial charge in [0, 0.05) is 44.6 Å². The van der Waals surface area contributed by atoms with Crippen molar-refractivity contribution in [3.8, 4) is 5.88 Å². The summed E-state index contributed by atoms with van der Waals surface area (Å²) >= 11 is 0. The number of carbonyl (C=O) groups excluding carboxylic acids is 2. The Morgan fingerprint density at radius 3 is 2.46 bits per heavy atom. The van der Waals surface area contributed by atoms with Gasteiger partial charge in [-0.3, -0.25) is 14.7 Å². The molecule has 2 aliphatic heterocycles. The second kappa shape index (κ2) is 10.2. The standard InChI is InChI=1S/C25H28F3N5O4/c1-36-24(35)31-22(16-4-6-17(7-5-16)25(26,27)28)23(34)33-9-8-32-14-19(10-18(32)13-33)37-21-12-29-20(11-30-21)15-2-3-15/h4-7,11-12,15,18-19,22H,2-3,8-10,13-14H2,1H3,(H,31,35)/t18-,19+,22-/m0/s1. The summed E-state index contributed by atoms with van der Waals surface area (Å²) in [5.41, 5.74) is 0.401. The summed E-state index contributed by atoms with van der Waals surface area (Å²) in [4.78, 5) is 38.1. The first-order chi connectivity index (χ1) is 17.7. The van der Waals surface area contributed by atoms with E-state index in [1.165, 1.54) is 12.1 Å². The highest BCUT2D eigenvalue weighted by atomic mass is 19.4. The molecule has 12 heteroatoms. The molecule has 1 aromatic carbocycles. The van der Waals surface area contributed by atoms with Gasteiger partial charge >= 0.3 is 12.3 Å². The molecular formula is C25H28F3N5O4. The number of carbonyl (C=O) groups is 2. The van der Waals surface area contributed by atoms with Gasteiger partial charge in [-0.1, -0.05) is 12.1 Å². The number of nitrogens with one attached hydrogen (secondary N) is 1. The van der Waals surface area contributed by atoms with E-state index in [1.807, 2.05) is 0 Å². The second-order valence-corrected chi connectivity index (χ2v) is 9.65. The van der Waals surface area contributed by atoms with E-state index in [0.29, 0.717) is 44.4 Å². The summed E-state index contributed by atoms with van der Waals surface area (Å²) in [6.07, 6.45) is 0.969. The number of benzene rings is 1. The SMILES string of the molecule is COC(=O)N[C@H](C(=O)N1CCN2C[C@H](Oc3cnc(C4CC4)cn3)C[C@H]2C1)c1ccc(C(F)(F)F)cc1. The lowest BCUT2D eigenvalue weighted by atomic mass is 10.0. The van der Waals surface area contributed by atoms with Crippen LogP contribution < -0.4 is 10.1 Å². The zero-order chi connectivity index (χ0) is 26.2. The van der Waals surface area contributed by atoms with Crippen molar-refractivity contribution in [3.63, 3.8) is 0 Å². The zero-order valence-corrected chi connectivity index (χ0v) is 20.3. The Balaban J connectivity index is 1.23. The van der Waals surface area contributed by atoms with E-state index in [0.717, 1.165) is 37.8 Å². The monoisotopic (exact) mass is 519 g/mol. The van der Waals surface area contributed by atoms with Crippen LogP contribution >= 0.6 is 0 Å². The number of fused-ring (bicyclic) bond motifs is 1.